The molecule has 11 nitrogen and oxygen atoms in total. The summed E-state index contributed by atoms with van der Waals surface area (Å²) in [5.74, 6) is -4.80. The van der Waals surface area contributed by atoms with Crippen molar-refractivity contribution < 1.29 is 41.0 Å². The Morgan fingerprint density at radius 3 is 2.52 bits per heavy atom. The number of halogens is 7. The minimum atomic E-state index is -4.66. The fourth-order valence-electron chi connectivity index (χ4n) is 5.41. The third-order valence-electron chi connectivity index (χ3n) is 7.16. The first kappa shape index (κ1) is 32.1. The van der Waals surface area contributed by atoms with Crippen LogP contribution >= 0.6 is 27.5 Å². The second-order valence-corrected chi connectivity index (χ2v) is 12.5. The molecule has 18 heteroatoms. The first-order valence-electron chi connectivity index (χ1n) is 13.1. The molecule has 1 spiro atoms. The fourth-order valence-corrected chi connectivity index (χ4v) is 5.95. The van der Waals surface area contributed by atoms with E-state index in [1.807, 2.05) is 0 Å². The third kappa shape index (κ3) is 5.53. The molecule has 2 unspecified atom stereocenters. The number of amides is 2. The Morgan fingerprint density at radius 2 is 1.93 bits per heavy atom. The van der Waals surface area contributed by atoms with Crippen molar-refractivity contribution in [3.05, 3.63) is 55.1 Å². The molecule has 5 rings (SSSR count). The summed E-state index contributed by atoms with van der Waals surface area (Å²) in [6.45, 7) is 4.23. The van der Waals surface area contributed by atoms with E-state index >= 15 is 8.78 Å². The van der Waals surface area contributed by atoms with E-state index in [9.17, 15) is 27.6 Å². The number of nitrogens with zero attached hydrogens (tertiary/aromatic N) is 5. The minimum absolute atomic E-state index is 0.0681. The van der Waals surface area contributed by atoms with Gasteiger partial charge in [-0.05, 0) is 61.8 Å². The lowest BCUT2D eigenvalue weighted by atomic mass is 9.82. The Bertz CT molecular complexity index is 1740. The van der Waals surface area contributed by atoms with Crippen molar-refractivity contribution in [3.63, 3.8) is 0 Å². The number of fused-ring (bicyclic) bond motifs is 3. The number of aromatic nitrogens is 4. The molecule has 44 heavy (non-hydrogen) atoms. The Kier molecular flexibility index (Phi) is 7.77. The molecule has 2 aromatic heterocycles. The Hall–Kier alpha value is -3.31. The van der Waals surface area contributed by atoms with Gasteiger partial charge in [-0.25, -0.2) is 13.6 Å². The van der Waals surface area contributed by atoms with Gasteiger partial charge in [-0.1, -0.05) is 11.6 Å². The predicted molar refractivity (Wildman–Crippen MR) is 149 cm³/mol. The van der Waals surface area contributed by atoms with E-state index in [0.29, 0.717) is 6.07 Å². The SMILES string of the molecule is CC1OC2(CCN(C(=O)OC(C)(C)C)CC2(F)F)c2c1n(CC(=O)Nc1ccc(C(F)(F)F)cc1Cl)c1nc(Br)nn1c2=O. The van der Waals surface area contributed by atoms with Crippen LogP contribution in [0.1, 0.15) is 57.0 Å². The molecule has 0 aliphatic carbocycles. The zero-order chi connectivity index (χ0) is 32.6. The number of ether oxygens (including phenoxy) is 2. The first-order valence-corrected chi connectivity index (χ1v) is 14.3. The summed E-state index contributed by atoms with van der Waals surface area (Å²) >= 11 is 9.05. The maximum Gasteiger partial charge on any atom is 0.416 e. The Balaban J connectivity index is 1.54. The lowest BCUT2D eigenvalue weighted by Gasteiger charge is -2.44. The van der Waals surface area contributed by atoms with Crippen molar-refractivity contribution in [2.24, 2.45) is 0 Å². The summed E-state index contributed by atoms with van der Waals surface area (Å²) in [4.78, 5) is 44.5. The maximum absolute atomic E-state index is 16.1. The van der Waals surface area contributed by atoms with E-state index in [1.54, 1.807) is 20.8 Å². The lowest BCUT2D eigenvalue weighted by Crippen LogP contribution is -2.61. The molecule has 238 valence electrons. The summed E-state index contributed by atoms with van der Waals surface area (Å²) < 4.78 is 84.4. The van der Waals surface area contributed by atoms with Gasteiger partial charge in [0.05, 0.1) is 40.2 Å². The summed E-state index contributed by atoms with van der Waals surface area (Å²) in [5, 5.41) is 5.98. The zero-order valence-electron chi connectivity index (χ0n) is 23.6. The van der Waals surface area contributed by atoms with Crippen molar-refractivity contribution in [2.75, 3.05) is 18.4 Å². The maximum atomic E-state index is 16.1. The largest absolute Gasteiger partial charge is 0.444 e. The highest BCUT2D eigenvalue weighted by Gasteiger charge is 2.66. The molecule has 0 radical (unpaired) electrons. The van der Waals surface area contributed by atoms with Crippen LogP contribution in [0.3, 0.4) is 0 Å². The van der Waals surface area contributed by atoms with Gasteiger partial charge in [0, 0.05) is 13.0 Å². The Labute approximate surface area is 259 Å². The smallest absolute Gasteiger partial charge is 0.416 e. The van der Waals surface area contributed by atoms with Gasteiger partial charge < -0.3 is 24.3 Å². The molecular formula is C26H25BrClF5N6O5. The van der Waals surface area contributed by atoms with Gasteiger partial charge in [0.25, 0.3) is 11.5 Å². The number of hydrogen-bond donors (Lipinski definition) is 1. The first-order chi connectivity index (χ1) is 20.2. The standard InChI is InChI=1S/C26H25BrClF5N6O5/c1-12-18-17(24(43-12)7-8-37(11-25(24,29)30)22(42)44-23(2,3)4)19(41)39-21(35-20(27)36-39)38(18)10-16(40)34-15-6-5-13(9-14(15)28)26(31,32)33/h5-6,9,12H,7-8,10-11H2,1-4H3,(H,34,40). The highest BCUT2D eigenvalue weighted by atomic mass is 79.9. The van der Waals surface area contributed by atoms with Crippen LogP contribution in [-0.4, -0.2) is 60.7 Å². The van der Waals surface area contributed by atoms with Gasteiger partial charge in [-0.3, -0.25) is 9.59 Å². The van der Waals surface area contributed by atoms with E-state index in [1.165, 1.54) is 11.5 Å². The molecule has 1 aromatic carbocycles. The molecule has 0 bridgehead atoms. The van der Waals surface area contributed by atoms with Gasteiger partial charge in [0.1, 0.15) is 12.1 Å². The van der Waals surface area contributed by atoms with Gasteiger partial charge in [-0.15, -0.1) is 5.10 Å². The van der Waals surface area contributed by atoms with Crippen molar-refractivity contribution >= 4 is 51.0 Å². The highest BCUT2D eigenvalue weighted by molar-refractivity contribution is 9.10. The monoisotopic (exact) mass is 710 g/mol. The van der Waals surface area contributed by atoms with E-state index in [2.05, 4.69) is 31.3 Å². The average Bonchev–Trinajstić information content (AvgIpc) is 3.41. The number of rotatable bonds is 3. The molecular weight excluding hydrogens is 687 g/mol. The van der Waals surface area contributed by atoms with Gasteiger partial charge in [0.15, 0.2) is 5.60 Å². The number of piperidine rings is 1. The van der Waals surface area contributed by atoms with Crippen LogP contribution in [-0.2, 0) is 32.6 Å². The number of carbonyl (C=O) groups is 2. The topological polar surface area (TPSA) is 120 Å². The van der Waals surface area contributed by atoms with Crippen LogP contribution in [0.2, 0.25) is 5.02 Å². The van der Waals surface area contributed by atoms with Gasteiger partial charge >= 0.3 is 12.3 Å². The van der Waals surface area contributed by atoms with Crippen LogP contribution in [0.5, 0.6) is 0 Å². The number of carbonyl (C=O) groups excluding carboxylic acids is 2. The van der Waals surface area contributed by atoms with Gasteiger partial charge in [0.2, 0.25) is 16.4 Å². The molecule has 2 amide bonds. The molecule has 1 N–H and O–H groups in total. The number of hydrogen-bond acceptors (Lipinski definition) is 7. The highest BCUT2D eigenvalue weighted by Crippen LogP contribution is 2.54. The molecule has 2 aliphatic heterocycles. The third-order valence-corrected chi connectivity index (χ3v) is 7.81. The van der Waals surface area contributed by atoms with E-state index in [0.717, 1.165) is 21.5 Å². The normalized spacial score (nSPS) is 21.5. The van der Waals surface area contributed by atoms with E-state index in [-0.39, 0.29) is 33.5 Å². The van der Waals surface area contributed by atoms with Crippen LogP contribution < -0.4 is 10.9 Å². The molecule has 1 fully saturated rings. The number of anilines is 1. The van der Waals surface area contributed by atoms with Crippen molar-refractivity contribution in [1.82, 2.24) is 24.1 Å². The fraction of sp³-hybridized carbons (Fsp3) is 0.500. The van der Waals surface area contributed by atoms with Crippen molar-refractivity contribution in [3.8, 4) is 0 Å². The summed E-state index contributed by atoms with van der Waals surface area (Å²) in [6, 6.07) is 2.35. The van der Waals surface area contributed by atoms with Crippen molar-refractivity contribution in [1.29, 1.82) is 0 Å². The number of nitrogens with one attached hydrogen (secondary N) is 1. The second kappa shape index (κ2) is 10.7. The zero-order valence-corrected chi connectivity index (χ0v) is 25.9. The summed E-state index contributed by atoms with van der Waals surface area (Å²) in [5.41, 5.74) is -6.06. The number of alkyl halides is 5. The van der Waals surface area contributed by atoms with Crippen LogP contribution in [0, 0.1) is 0 Å². The summed E-state index contributed by atoms with van der Waals surface area (Å²) in [6.07, 6.45) is -7.25. The van der Waals surface area contributed by atoms with Crippen LogP contribution in [0.15, 0.2) is 27.7 Å². The molecule has 1 saturated heterocycles. The van der Waals surface area contributed by atoms with Crippen LogP contribution in [0.4, 0.5) is 32.4 Å². The average molecular weight is 712 g/mol. The molecule has 4 heterocycles. The molecule has 2 aliphatic rings. The second-order valence-electron chi connectivity index (χ2n) is 11.4. The molecule has 2 atom stereocenters. The number of likely N-dealkylation sites (tertiary alicyclic amines) is 1. The number of benzene rings is 1. The lowest BCUT2D eigenvalue weighted by molar-refractivity contribution is -0.248. The predicted octanol–water partition coefficient (Wildman–Crippen LogP) is 5.53. The van der Waals surface area contributed by atoms with Crippen molar-refractivity contribution in [2.45, 2.75) is 70.1 Å². The quantitative estimate of drug-likeness (QED) is 0.355. The summed E-state index contributed by atoms with van der Waals surface area (Å²) in [7, 11) is 0. The minimum Gasteiger partial charge on any atom is -0.444 e. The Morgan fingerprint density at radius 1 is 1.25 bits per heavy atom. The van der Waals surface area contributed by atoms with E-state index in [4.69, 9.17) is 21.1 Å². The van der Waals surface area contributed by atoms with Gasteiger partial charge in [-0.2, -0.15) is 22.7 Å². The molecule has 3 aromatic rings. The van der Waals surface area contributed by atoms with E-state index < -0.39 is 77.6 Å². The molecule has 0 saturated carbocycles. The van der Waals surface area contributed by atoms with Crippen LogP contribution in [0.25, 0.3) is 5.78 Å².